The average Bonchev–Trinajstić information content (AvgIpc) is 2.54. The predicted molar refractivity (Wildman–Crippen MR) is 88.4 cm³/mol. The molecular weight excluding hydrogens is 292 g/mol. The van der Waals surface area contributed by atoms with Crippen molar-refractivity contribution in [1.82, 2.24) is 5.32 Å². The molecule has 1 fully saturated rings. The van der Waals surface area contributed by atoms with Crippen molar-refractivity contribution >= 4 is 17.5 Å². The third-order valence-electron chi connectivity index (χ3n) is 4.76. The number of hydrogen-bond donors (Lipinski definition) is 1. The number of para-hydroxylation sites is 2. The third-order valence-corrected chi connectivity index (χ3v) is 4.76. The molecular formula is C18H24N2O3. The van der Waals surface area contributed by atoms with Crippen LogP contribution in [0.15, 0.2) is 24.3 Å². The molecule has 0 saturated heterocycles. The standard InChI is InChI=1S/C18H24N2O3/c1-12-7-9-14(10-8-12)19-17(21)11-20-15-5-3-4-6-16(15)23-13(2)18(20)22/h3-6,12-14H,7-11H2,1-2H3,(H,19,21). The maximum Gasteiger partial charge on any atom is 0.268 e. The number of nitrogens with zero attached hydrogens (tertiary/aromatic N) is 1. The van der Waals surface area contributed by atoms with Crippen molar-refractivity contribution < 1.29 is 14.3 Å². The van der Waals surface area contributed by atoms with Gasteiger partial charge in [-0.05, 0) is 50.7 Å². The summed E-state index contributed by atoms with van der Waals surface area (Å²) in [5.41, 5.74) is 0.669. The van der Waals surface area contributed by atoms with Crippen molar-refractivity contribution in [2.45, 2.75) is 51.7 Å². The molecule has 0 radical (unpaired) electrons. The molecule has 3 rings (SSSR count). The van der Waals surface area contributed by atoms with Crippen LogP contribution in [-0.2, 0) is 9.59 Å². The maximum atomic E-state index is 12.4. The van der Waals surface area contributed by atoms with E-state index >= 15 is 0 Å². The molecule has 1 unspecified atom stereocenters. The molecule has 1 atom stereocenters. The lowest BCUT2D eigenvalue weighted by atomic mass is 9.87. The van der Waals surface area contributed by atoms with Gasteiger partial charge in [0.2, 0.25) is 5.91 Å². The number of fused-ring (bicyclic) bond motifs is 1. The summed E-state index contributed by atoms with van der Waals surface area (Å²) in [6, 6.07) is 7.59. The maximum absolute atomic E-state index is 12.4. The Morgan fingerprint density at radius 1 is 1.22 bits per heavy atom. The third kappa shape index (κ3) is 3.49. The number of ether oxygens (including phenoxy) is 1. The molecule has 1 heterocycles. The largest absolute Gasteiger partial charge is 0.479 e. The number of anilines is 1. The quantitative estimate of drug-likeness (QED) is 0.932. The van der Waals surface area contributed by atoms with Gasteiger partial charge in [-0.25, -0.2) is 0 Å². The monoisotopic (exact) mass is 316 g/mol. The summed E-state index contributed by atoms with van der Waals surface area (Å²) in [4.78, 5) is 26.3. The van der Waals surface area contributed by atoms with E-state index in [1.165, 1.54) is 4.90 Å². The summed E-state index contributed by atoms with van der Waals surface area (Å²) in [6.07, 6.45) is 3.80. The zero-order valence-electron chi connectivity index (χ0n) is 13.7. The highest BCUT2D eigenvalue weighted by Crippen LogP contribution is 2.33. The summed E-state index contributed by atoms with van der Waals surface area (Å²) >= 11 is 0. The van der Waals surface area contributed by atoms with E-state index in [0.29, 0.717) is 11.4 Å². The smallest absolute Gasteiger partial charge is 0.268 e. The second-order valence-electron chi connectivity index (χ2n) is 6.68. The van der Waals surface area contributed by atoms with E-state index in [1.807, 2.05) is 24.3 Å². The lowest BCUT2D eigenvalue weighted by Gasteiger charge is -2.33. The Labute approximate surface area is 137 Å². The number of amides is 2. The van der Waals surface area contributed by atoms with Crippen LogP contribution >= 0.6 is 0 Å². The van der Waals surface area contributed by atoms with E-state index in [0.717, 1.165) is 31.6 Å². The Bertz CT molecular complexity index is 594. The molecule has 0 aromatic heterocycles. The molecule has 23 heavy (non-hydrogen) atoms. The van der Waals surface area contributed by atoms with Gasteiger partial charge in [0.1, 0.15) is 12.3 Å². The Kier molecular flexibility index (Phi) is 4.55. The Morgan fingerprint density at radius 3 is 2.65 bits per heavy atom. The molecule has 1 N–H and O–H groups in total. The number of benzene rings is 1. The molecule has 0 bridgehead atoms. The highest BCUT2D eigenvalue weighted by molar-refractivity contribution is 6.03. The van der Waals surface area contributed by atoms with Gasteiger partial charge in [0.15, 0.2) is 6.10 Å². The van der Waals surface area contributed by atoms with Gasteiger partial charge in [0.05, 0.1) is 5.69 Å². The predicted octanol–water partition coefficient (Wildman–Crippen LogP) is 2.50. The topological polar surface area (TPSA) is 58.6 Å². The van der Waals surface area contributed by atoms with Gasteiger partial charge in [-0.2, -0.15) is 0 Å². The first-order valence-corrected chi connectivity index (χ1v) is 8.41. The lowest BCUT2D eigenvalue weighted by Crippen LogP contribution is -2.50. The van der Waals surface area contributed by atoms with Gasteiger partial charge >= 0.3 is 0 Å². The minimum Gasteiger partial charge on any atom is -0.479 e. The number of carbonyl (C=O) groups is 2. The van der Waals surface area contributed by atoms with Crippen molar-refractivity contribution in [3.05, 3.63) is 24.3 Å². The molecule has 2 aliphatic rings. The first-order chi connectivity index (χ1) is 11.0. The zero-order valence-corrected chi connectivity index (χ0v) is 13.7. The highest BCUT2D eigenvalue weighted by atomic mass is 16.5. The van der Waals surface area contributed by atoms with Crippen LogP contribution < -0.4 is 15.0 Å². The Morgan fingerprint density at radius 2 is 1.91 bits per heavy atom. The van der Waals surface area contributed by atoms with Crippen LogP contribution in [0.3, 0.4) is 0 Å². The van der Waals surface area contributed by atoms with Crippen LogP contribution in [-0.4, -0.2) is 30.5 Å². The Balaban J connectivity index is 1.66. The summed E-state index contributed by atoms with van der Waals surface area (Å²) in [5.74, 6) is 1.13. The molecule has 1 saturated carbocycles. The van der Waals surface area contributed by atoms with Crippen molar-refractivity contribution in [3.63, 3.8) is 0 Å². The molecule has 1 aromatic rings. The van der Waals surface area contributed by atoms with E-state index in [1.54, 1.807) is 6.92 Å². The first-order valence-electron chi connectivity index (χ1n) is 8.41. The van der Waals surface area contributed by atoms with Gasteiger partial charge in [-0.1, -0.05) is 19.1 Å². The molecule has 1 aliphatic heterocycles. The summed E-state index contributed by atoms with van der Waals surface area (Å²) in [5, 5.41) is 3.08. The second-order valence-corrected chi connectivity index (χ2v) is 6.68. The number of nitrogens with one attached hydrogen (secondary N) is 1. The van der Waals surface area contributed by atoms with Crippen LogP contribution in [0.1, 0.15) is 39.5 Å². The Hall–Kier alpha value is -2.04. The molecule has 5 heteroatoms. The van der Waals surface area contributed by atoms with Crippen molar-refractivity contribution in [2.75, 3.05) is 11.4 Å². The number of rotatable bonds is 3. The average molecular weight is 316 g/mol. The SMILES string of the molecule is CC1CCC(NC(=O)CN2C(=O)C(C)Oc3ccccc32)CC1. The van der Waals surface area contributed by atoms with Crippen LogP contribution in [0.2, 0.25) is 0 Å². The van der Waals surface area contributed by atoms with Crippen LogP contribution in [0.4, 0.5) is 5.69 Å². The van der Waals surface area contributed by atoms with Crippen molar-refractivity contribution in [2.24, 2.45) is 5.92 Å². The van der Waals surface area contributed by atoms with Crippen LogP contribution in [0.5, 0.6) is 5.75 Å². The van der Waals surface area contributed by atoms with Crippen molar-refractivity contribution in [1.29, 1.82) is 0 Å². The summed E-state index contributed by atoms with van der Waals surface area (Å²) < 4.78 is 5.59. The second kappa shape index (κ2) is 6.60. The van der Waals surface area contributed by atoms with Gasteiger partial charge in [0.25, 0.3) is 5.91 Å². The summed E-state index contributed by atoms with van der Waals surface area (Å²) in [6.45, 7) is 4.02. The number of hydrogen-bond acceptors (Lipinski definition) is 3. The fourth-order valence-corrected chi connectivity index (χ4v) is 3.34. The minimum absolute atomic E-state index is 0.0512. The van der Waals surface area contributed by atoms with E-state index in [9.17, 15) is 9.59 Å². The van der Waals surface area contributed by atoms with Crippen LogP contribution in [0.25, 0.3) is 0 Å². The fourth-order valence-electron chi connectivity index (χ4n) is 3.34. The van der Waals surface area contributed by atoms with Crippen molar-refractivity contribution in [3.8, 4) is 5.75 Å². The van der Waals surface area contributed by atoms with E-state index in [2.05, 4.69) is 12.2 Å². The van der Waals surface area contributed by atoms with Gasteiger partial charge in [-0.15, -0.1) is 0 Å². The molecule has 0 spiro atoms. The molecule has 2 amide bonds. The molecule has 1 aliphatic carbocycles. The van der Waals surface area contributed by atoms with Gasteiger partial charge in [-0.3, -0.25) is 14.5 Å². The van der Waals surface area contributed by atoms with E-state index < -0.39 is 6.10 Å². The summed E-state index contributed by atoms with van der Waals surface area (Å²) in [7, 11) is 0. The first kappa shape index (κ1) is 15.8. The molecule has 5 nitrogen and oxygen atoms in total. The number of carbonyl (C=O) groups excluding carboxylic acids is 2. The van der Waals surface area contributed by atoms with Gasteiger partial charge < -0.3 is 10.1 Å². The van der Waals surface area contributed by atoms with Crippen LogP contribution in [0, 0.1) is 5.92 Å². The van der Waals surface area contributed by atoms with Gasteiger partial charge in [0, 0.05) is 6.04 Å². The van der Waals surface area contributed by atoms with E-state index in [-0.39, 0.29) is 24.4 Å². The fraction of sp³-hybridized carbons (Fsp3) is 0.556. The normalized spacial score (nSPS) is 27.1. The molecule has 1 aromatic carbocycles. The molecule has 124 valence electrons. The lowest BCUT2D eigenvalue weighted by molar-refractivity contribution is -0.128. The minimum atomic E-state index is -0.562. The van der Waals surface area contributed by atoms with E-state index in [4.69, 9.17) is 4.74 Å². The zero-order chi connectivity index (χ0) is 16.4. The highest BCUT2D eigenvalue weighted by Gasteiger charge is 2.32.